The number of ether oxygens (including phenoxy) is 1. The number of hydrogen-bond acceptors (Lipinski definition) is 5. The Morgan fingerprint density at radius 2 is 2.00 bits per heavy atom. The van der Waals surface area contributed by atoms with Crippen LogP contribution in [0.4, 0.5) is 4.39 Å². The number of halogens is 2. The normalized spacial score (nSPS) is 16.8. The van der Waals surface area contributed by atoms with Crippen LogP contribution in [0.25, 0.3) is 5.69 Å². The van der Waals surface area contributed by atoms with Gasteiger partial charge in [-0.2, -0.15) is 5.10 Å². The van der Waals surface area contributed by atoms with Gasteiger partial charge in [-0.3, -0.25) is 14.5 Å². The van der Waals surface area contributed by atoms with Gasteiger partial charge < -0.3 is 9.64 Å². The predicted molar refractivity (Wildman–Crippen MR) is 114 cm³/mol. The minimum atomic E-state index is -0.511. The van der Waals surface area contributed by atoms with Crippen molar-refractivity contribution >= 4 is 23.5 Å². The second-order valence-electron chi connectivity index (χ2n) is 7.86. The Balaban J connectivity index is 1.53. The van der Waals surface area contributed by atoms with Crippen LogP contribution in [0.3, 0.4) is 0 Å². The third-order valence-corrected chi connectivity index (χ3v) is 6.12. The van der Waals surface area contributed by atoms with Gasteiger partial charge in [0, 0.05) is 43.5 Å². The van der Waals surface area contributed by atoms with Crippen LogP contribution in [-0.4, -0.2) is 70.8 Å². The van der Waals surface area contributed by atoms with Crippen LogP contribution in [0, 0.1) is 5.82 Å². The van der Waals surface area contributed by atoms with Gasteiger partial charge in [0.1, 0.15) is 5.82 Å². The fourth-order valence-corrected chi connectivity index (χ4v) is 4.43. The van der Waals surface area contributed by atoms with E-state index in [1.54, 1.807) is 22.6 Å². The molecular weight excluding hydrogens is 423 g/mol. The maximum Gasteiger partial charge on any atom is 0.320 e. The number of carbonyl (C=O) groups is 2. The molecule has 0 unspecified atom stereocenters. The van der Waals surface area contributed by atoms with Crippen LogP contribution in [0.5, 0.6) is 0 Å². The second-order valence-corrected chi connectivity index (χ2v) is 8.27. The molecule has 1 aromatic heterocycles. The van der Waals surface area contributed by atoms with Crippen molar-refractivity contribution in [1.29, 1.82) is 0 Å². The number of aromatic nitrogens is 2. The molecule has 1 fully saturated rings. The molecule has 1 aromatic carbocycles. The molecule has 1 aliphatic heterocycles. The summed E-state index contributed by atoms with van der Waals surface area (Å²) >= 11 is 5.82. The maximum absolute atomic E-state index is 14.0. The number of hydrogen-bond donors (Lipinski definition) is 0. The first kappa shape index (κ1) is 21.8. The zero-order valence-electron chi connectivity index (χ0n) is 17.6. The fourth-order valence-electron chi connectivity index (χ4n) is 4.31. The minimum absolute atomic E-state index is 0.0563. The van der Waals surface area contributed by atoms with E-state index < -0.39 is 5.82 Å². The second kappa shape index (κ2) is 9.36. The van der Waals surface area contributed by atoms with Gasteiger partial charge in [0.15, 0.2) is 5.69 Å². The molecule has 2 heterocycles. The molecule has 0 atom stereocenters. The first-order valence-electron chi connectivity index (χ1n) is 10.7. The molecule has 0 spiro atoms. The summed E-state index contributed by atoms with van der Waals surface area (Å²) in [5, 5.41) is 4.65. The Morgan fingerprint density at radius 1 is 1.16 bits per heavy atom. The standard InChI is InChI=1S/C22H26ClFN4O3/c1-2-31-20(29)14-26-9-4-10-27(12-11-26)22(30)21-16-5-3-6-19(16)28(25-21)15-7-8-17(23)18(24)13-15/h7-8,13H,2-6,9-12,14H2,1H3. The summed E-state index contributed by atoms with van der Waals surface area (Å²) in [7, 11) is 0. The van der Waals surface area contributed by atoms with E-state index in [9.17, 15) is 14.0 Å². The molecule has 0 saturated carbocycles. The quantitative estimate of drug-likeness (QED) is 0.658. The lowest BCUT2D eigenvalue weighted by atomic mass is 10.2. The summed E-state index contributed by atoms with van der Waals surface area (Å²) in [4.78, 5) is 29.0. The molecule has 166 valence electrons. The van der Waals surface area contributed by atoms with E-state index in [1.165, 1.54) is 12.1 Å². The number of benzene rings is 1. The van der Waals surface area contributed by atoms with Crippen molar-refractivity contribution in [3.05, 3.63) is 46.0 Å². The average molecular weight is 449 g/mol. The van der Waals surface area contributed by atoms with Crippen molar-refractivity contribution in [3.63, 3.8) is 0 Å². The molecule has 1 amide bonds. The Bertz CT molecular complexity index is 993. The highest BCUT2D eigenvalue weighted by Gasteiger charge is 2.30. The van der Waals surface area contributed by atoms with Crippen LogP contribution in [0.2, 0.25) is 5.02 Å². The summed E-state index contributed by atoms with van der Waals surface area (Å²) in [5.41, 5.74) is 2.93. The van der Waals surface area contributed by atoms with Crippen molar-refractivity contribution in [2.75, 3.05) is 39.3 Å². The van der Waals surface area contributed by atoms with Gasteiger partial charge >= 0.3 is 5.97 Å². The Labute approximate surface area is 185 Å². The third kappa shape index (κ3) is 4.60. The molecule has 9 heteroatoms. The van der Waals surface area contributed by atoms with Crippen LogP contribution in [0.15, 0.2) is 18.2 Å². The molecule has 2 aromatic rings. The molecule has 2 aliphatic rings. The van der Waals surface area contributed by atoms with Crippen molar-refractivity contribution < 1.29 is 18.7 Å². The van der Waals surface area contributed by atoms with Crippen molar-refractivity contribution in [1.82, 2.24) is 19.6 Å². The van der Waals surface area contributed by atoms with Gasteiger partial charge in [-0.05, 0) is 44.7 Å². The van der Waals surface area contributed by atoms with E-state index in [4.69, 9.17) is 16.3 Å². The molecule has 7 nitrogen and oxygen atoms in total. The lowest BCUT2D eigenvalue weighted by Crippen LogP contribution is -2.37. The Morgan fingerprint density at radius 3 is 2.77 bits per heavy atom. The summed E-state index contributed by atoms with van der Waals surface area (Å²) in [6, 6.07) is 4.57. The maximum atomic E-state index is 14.0. The highest BCUT2D eigenvalue weighted by molar-refractivity contribution is 6.30. The van der Waals surface area contributed by atoms with Gasteiger partial charge in [-0.1, -0.05) is 11.6 Å². The van der Waals surface area contributed by atoms with E-state index in [0.717, 1.165) is 43.5 Å². The lowest BCUT2D eigenvalue weighted by Gasteiger charge is -2.21. The van der Waals surface area contributed by atoms with Crippen LogP contribution < -0.4 is 0 Å². The molecule has 1 saturated heterocycles. The topological polar surface area (TPSA) is 67.7 Å². The van der Waals surface area contributed by atoms with Crippen molar-refractivity contribution in [2.24, 2.45) is 0 Å². The van der Waals surface area contributed by atoms with Crippen LogP contribution in [-0.2, 0) is 22.4 Å². The molecule has 0 bridgehead atoms. The summed E-state index contributed by atoms with van der Waals surface area (Å²) in [6.45, 7) is 4.86. The fraction of sp³-hybridized carbons (Fsp3) is 0.500. The zero-order valence-corrected chi connectivity index (χ0v) is 18.3. The summed E-state index contributed by atoms with van der Waals surface area (Å²) in [5.74, 6) is -0.859. The van der Waals surface area contributed by atoms with Gasteiger partial charge in [0.05, 0.1) is 23.9 Å². The van der Waals surface area contributed by atoms with Gasteiger partial charge in [-0.25, -0.2) is 9.07 Å². The lowest BCUT2D eigenvalue weighted by molar-refractivity contribution is -0.144. The molecule has 0 radical (unpaired) electrons. The number of amides is 1. The minimum Gasteiger partial charge on any atom is -0.465 e. The molecule has 4 rings (SSSR count). The van der Waals surface area contributed by atoms with Gasteiger partial charge in [0.25, 0.3) is 5.91 Å². The number of carbonyl (C=O) groups excluding carboxylic acids is 2. The monoisotopic (exact) mass is 448 g/mol. The number of esters is 1. The number of fused-ring (bicyclic) bond motifs is 1. The molecule has 1 aliphatic carbocycles. The van der Waals surface area contributed by atoms with Crippen molar-refractivity contribution in [2.45, 2.75) is 32.6 Å². The van der Waals surface area contributed by atoms with Crippen LogP contribution >= 0.6 is 11.6 Å². The molecule has 0 N–H and O–H groups in total. The molecule has 31 heavy (non-hydrogen) atoms. The average Bonchev–Trinajstić information content (AvgIpc) is 3.27. The number of nitrogens with zero attached hydrogens (tertiary/aromatic N) is 4. The largest absolute Gasteiger partial charge is 0.465 e. The molecular formula is C22H26ClFN4O3. The van der Waals surface area contributed by atoms with Gasteiger partial charge in [0.2, 0.25) is 0 Å². The first-order valence-corrected chi connectivity index (χ1v) is 11.1. The van der Waals surface area contributed by atoms with E-state index >= 15 is 0 Å². The Hall–Kier alpha value is -2.45. The highest BCUT2D eigenvalue weighted by Crippen LogP contribution is 2.29. The smallest absolute Gasteiger partial charge is 0.320 e. The van der Waals surface area contributed by atoms with E-state index in [-0.39, 0.29) is 23.4 Å². The van der Waals surface area contributed by atoms with E-state index in [2.05, 4.69) is 5.10 Å². The van der Waals surface area contributed by atoms with Crippen molar-refractivity contribution in [3.8, 4) is 5.69 Å². The third-order valence-electron chi connectivity index (χ3n) is 5.81. The predicted octanol–water partition coefficient (Wildman–Crippen LogP) is 2.86. The first-order chi connectivity index (χ1) is 15.0. The SMILES string of the molecule is CCOC(=O)CN1CCCN(C(=O)c2nn(-c3ccc(Cl)c(F)c3)c3c2CCC3)CC1. The summed E-state index contributed by atoms with van der Waals surface area (Å²) < 4.78 is 20.7. The van der Waals surface area contributed by atoms with Crippen LogP contribution in [0.1, 0.15) is 41.5 Å². The summed E-state index contributed by atoms with van der Waals surface area (Å²) in [6.07, 6.45) is 3.30. The Kier molecular flexibility index (Phi) is 6.57. The highest BCUT2D eigenvalue weighted by atomic mass is 35.5. The zero-order chi connectivity index (χ0) is 22.0. The van der Waals surface area contributed by atoms with E-state index in [1.807, 2.05) is 4.90 Å². The number of rotatable bonds is 5. The van der Waals surface area contributed by atoms with E-state index in [0.29, 0.717) is 37.6 Å². The van der Waals surface area contributed by atoms with Gasteiger partial charge in [-0.15, -0.1) is 0 Å².